The molecule has 1 atom stereocenters. The van der Waals surface area contributed by atoms with Crippen LogP contribution in [0.3, 0.4) is 0 Å². The number of halogens is 3. The predicted octanol–water partition coefficient (Wildman–Crippen LogP) is 4.34. The predicted molar refractivity (Wildman–Crippen MR) is 62.7 cm³/mol. The summed E-state index contributed by atoms with van der Waals surface area (Å²) in [5.74, 6) is -3.83. The second-order valence-corrected chi connectivity index (χ2v) is 4.46. The molecule has 17 heavy (non-hydrogen) atoms. The molecule has 0 aliphatic heterocycles. The van der Waals surface area contributed by atoms with Crippen LogP contribution in [0, 0.1) is 17.5 Å². The van der Waals surface area contributed by atoms with Crippen LogP contribution in [0.5, 0.6) is 0 Å². The van der Waals surface area contributed by atoms with E-state index in [-0.39, 0.29) is 11.7 Å². The maximum absolute atomic E-state index is 13.0. The first kappa shape index (κ1) is 12.0. The fraction of sp³-hybridized carbons (Fsp3) is 0.167. The van der Waals surface area contributed by atoms with Crippen LogP contribution in [0.25, 0.3) is 0 Å². The van der Waals surface area contributed by atoms with Gasteiger partial charge < -0.3 is 5.32 Å². The Kier molecular flexibility index (Phi) is 3.38. The minimum absolute atomic E-state index is 0.0921. The van der Waals surface area contributed by atoms with Crippen LogP contribution < -0.4 is 5.32 Å². The molecule has 90 valence electrons. The van der Waals surface area contributed by atoms with E-state index >= 15 is 0 Å². The third-order valence-electron chi connectivity index (χ3n) is 2.41. The summed E-state index contributed by atoms with van der Waals surface area (Å²) >= 11 is 1.54. The summed E-state index contributed by atoms with van der Waals surface area (Å²) in [6.07, 6.45) is 0. The van der Waals surface area contributed by atoms with Crippen molar-refractivity contribution in [1.29, 1.82) is 0 Å². The third-order valence-corrected chi connectivity index (χ3v) is 3.11. The van der Waals surface area contributed by atoms with Crippen molar-refractivity contribution >= 4 is 17.0 Å². The summed E-state index contributed by atoms with van der Waals surface area (Å²) in [4.78, 5) is 0. The quantitative estimate of drug-likeness (QED) is 0.806. The molecule has 0 amide bonds. The average Bonchev–Trinajstić information content (AvgIpc) is 2.79. The topological polar surface area (TPSA) is 12.0 Å². The van der Waals surface area contributed by atoms with Gasteiger partial charge in [-0.1, -0.05) is 0 Å². The molecule has 1 unspecified atom stereocenters. The fourth-order valence-corrected chi connectivity index (χ4v) is 2.25. The van der Waals surface area contributed by atoms with Crippen molar-refractivity contribution in [3.05, 3.63) is 52.0 Å². The lowest BCUT2D eigenvalue weighted by atomic mass is 10.1. The van der Waals surface area contributed by atoms with E-state index in [1.54, 1.807) is 0 Å². The zero-order chi connectivity index (χ0) is 12.4. The molecule has 0 radical (unpaired) electrons. The summed E-state index contributed by atoms with van der Waals surface area (Å²) in [5, 5.41) is 6.77. The van der Waals surface area contributed by atoms with Crippen LogP contribution in [0.15, 0.2) is 29.0 Å². The van der Waals surface area contributed by atoms with Crippen molar-refractivity contribution in [1.82, 2.24) is 0 Å². The Labute approximate surface area is 101 Å². The molecular formula is C12H10F3NS. The Bertz CT molecular complexity index is 487. The summed E-state index contributed by atoms with van der Waals surface area (Å²) in [7, 11) is 0. The Morgan fingerprint density at radius 1 is 1.18 bits per heavy atom. The van der Waals surface area contributed by atoms with Gasteiger partial charge >= 0.3 is 0 Å². The molecule has 0 saturated carbocycles. The zero-order valence-electron chi connectivity index (χ0n) is 9.01. The highest BCUT2D eigenvalue weighted by molar-refractivity contribution is 7.07. The second kappa shape index (κ2) is 4.79. The molecule has 1 aromatic carbocycles. The first-order valence-corrected chi connectivity index (χ1v) is 5.95. The van der Waals surface area contributed by atoms with E-state index in [1.807, 2.05) is 23.8 Å². The van der Waals surface area contributed by atoms with E-state index in [1.165, 1.54) is 11.3 Å². The van der Waals surface area contributed by atoms with Gasteiger partial charge in [0.2, 0.25) is 0 Å². The smallest absolute Gasteiger partial charge is 0.194 e. The van der Waals surface area contributed by atoms with Crippen LogP contribution in [-0.4, -0.2) is 0 Å². The molecule has 1 N–H and O–H groups in total. The van der Waals surface area contributed by atoms with E-state index in [0.717, 1.165) is 17.7 Å². The fourth-order valence-electron chi connectivity index (χ4n) is 1.49. The summed E-state index contributed by atoms with van der Waals surface area (Å²) < 4.78 is 38.7. The number of thiophene rings is 1. The number of benzene rings is 1. The lowest BCUT2D eigenvalue weighted by molar-refractivity contribution is 0.447. The Morgan fingerprint density at radius 3 is 2.35 bits per heavy atom. The minimum atomic E-state index is -1.45. The van der Waals surface area contributed by atoms with Crippen molar-refractivity contribution in [2.24, 2.45) is 0 Å². The maximum Gasteiger partial charge on any atom is 0.194 e. The number of rotatable bonds is 3. The molecule has 2 rings (SSSR count). The molecule has 1 heterocycles. The third kappa shape index (κ3) is 2.61. The molecular weight excluding hydrogens is 247 g/mol. The highest BCUT2D eigenvalue weighted by Crippen LogP contribution is 2.23. The lowest BCUT2D eigenvalue weighted by Crippen LogP contribution is -2.06. The van der Waals surface area contributed by atoms with E-state index in [4.69, 9.17) is 0 Å². The lowest BCUT2D eigenvalue weighted by Gasteiger charge is -2.14. The van der Waals surface area contributed by atoms with Gasteiger partial charge in [-0.2, -0.15) is 11.3 Å². The van der Waals surface area contributed by atoms with Gasteiger partial charge in [0.1, 0.15) is 0 Å². The Morgan fingerprint density at radius 2 is 1.82 bits per heavy atom. The highest BCUT2D eigenvalue weighted by Gasteiger charge is 2.12. The molecule has 1 nitrogen and oxygen atoms in total. The van der Waals surface area contributed by atoms with E-state index in [2.05, 4.69) is 5.32 Å². The van der Waals surface area contributed by atoms with Gasteiger partial charge in [0.25, 0.3) is 0 Å². The normalized spacial score (nSPS) is 12.5. The molecule has 0 aliphatic rings. The van der Waals surface area contributed by atoms with Crippen LogP contribution in [-0.2, 0) is 0 Å². The maximum atomic E-state index is 13.0. The molecule has 5 heteroatoms. The summed E-state index contributed by atoms with van der Waals surface area (Å²) in [5.41, 5.74) is 1.24. The van der Waals surface area contributed by atoms with Gasteiger partial charge in [-0.3, -0.25) is 0 Å². The van der Waals surface area contributed by atoms with Gasteiger partial charge in [0, 0.05) is 23.9 Å². The number of nitrogens with one attached hydrogen (secondary N) is 1. The monoisotopic (exact) mass is 257 g/mol. The molecule has 2 aromatic rings. The van der Waals surface area contributed by atoms with Crippen molar-refractivity contribution in [3.63, 3.8) is 0 Å². The molecule has 0 saturated heterocycles. The van der Waals surface area contributed by atoms with E-state index in [9.17, 15) is 13.2 Å². The number of anilines is 1. The van der Waals surface area contributed by atoms with Crippen LogP contribution in [0.4, 0.5) is 18.9 Å². The van der Waals surface area contributed by atoms with Gasteiger partial charge in [0.05, 0.1) is 0 Å². The first-order chi connectivity index (χ1) is 8.08. The average molecular weight is 257 g/mol. The van der Waals surface area contributed by atoms with Crippen molar-refractivity contribution < 1.29 is 13.2 Å². The molecule has 0 spiro atoms. The van der Waals surface area contributed by atoms with Crippen molar-refractivity contribution in [2.45, 2.75) is 13.0 Å². The second-order valence-electron chi connectivity index (χ2n) is 3.68. The molecule has 0 fully saturated rings. The van der Waals surface area contributed by atoms with Gasteiger partial charge in [0.15, 0.2) is 17.5 Å². The molecule has 0 aliphatic carbocycles. The Balaban J connectivity index is 2.19. The summed E-state index contributed by atoms with van der Waals surface area (Å²) in [6.45, 7) is 1.86. The van der Waals surface area contributed by atoms with Gasteiger partial charge in [-0.05, 0) is 29.3 Å². The van der Waals surface area contributed by atoms with Gasteiger partial charge in [-0.25, -0.2) is 13.2 Å². The number of hydrogen-bond acceptors (Lipinski definition) is 2. The standard InChI is InChI=1S/C12H10F3NS/c1-7(8-2-3-17-6-8)16-9-4-10(13)12(15)11(14)5-9/h2-7,16H,1H3. The molecule has 1 aromatic heterocycles. The van der Waals surface area contributed by atoms with Gasteiger partial charge in [-0.15, -0.1) is 0 Å². The zero-order valence-corrected chi connectivity index (χ0v) is 9.82. The van der Waals surface area contributed by atoms with Crippen LogP contribution >= 0.6 is 11.3 Å². The SMILES string of the molecule is CC(Nc1cc(F)c(F)c(F)c1)c1ccsc1. The minimum Gasteiger partial charge on any atom is -0.378 e. The van der Waals surface area contributed by atoms with Crippen molar-refractivity contribution in [3.8, 4) is 0 Å². The number of hydrogen-bond donors (Lipinski definition) is 1. The first-order valence-electron chi connectivity index (χ1n) is 5.01. The van der Waals surface area contributed by atoms with E-state index in [0.29, 0.717) is 0 Å². The van der Waals surface area contributed by atoms with Crippen molar-refractivity contribution in [2.75, 3.05) is 5.32 Å². The largest absolute Gasteiger partial charge is 0.378 e. The highest BCUT2D eigenvalue weighted by atomic mass is 32.1. The summed E-state index contributed by atoms with van der Waals surface area (Å²) in [6, 6.07) is 3.71. The van der Waals surface area contributed by atoms with Crippen LogP contribution in [0.2, 0.25) is 0 Å². The van der Waals surface area contributed by atoms with Crippen LogP contribution in [0.1, 0.15) is 18.5 Å². The van der Waals surface area contributed by atoms with E-state index < -0.39 is 17.5 Å². The molecule has 0 bridgehead atoms. The Hall–Kier alpha value is -1.49.